The lowest BCUT2D eigenvalue weighted by atomic mass is 10.1. The number of aromatic nitrogens is 1. The van der Waals surface area contributed by atoms with Crippen LogP contribution in [0.15, 0.2) is 30.3 Å². The normalized spacial score (nSPS) is 14.1. The largest absolute Gasteiger partial charge is 0.493 e. The minimum atomic E-state index is -0.762. The molecule has 1 fully saturated rings. The molecule has 0 N–H and O–H groups in total. The Morgan fingerprint density at radius 2 is 1.97 bits per heavy atom. The van der Waals surface area contributed by atoms with Crippen LogP contribution in [0.5, 0.6) is 11.5 Å². The van der Waals surface area contributed by atoms with Crippen LogP contribution in [0, 0.1) is 11.6 Å². The summed E-state index contributed by atoms with van der Waals surface area (Å²) in [5.41, 5.74) is 0.327. The molecule has 0 saturated carbocycles. The summed E-state index contributed by atoms with van der Waals surface area (Å²) in [5.74, 6) is -1.10. The van der Waals surface area contributed by atoms with Gasteiger partial charge in [-0.1, -0.05) is 17.4 Å². The molecule has 0 radical (unpaired) electrons. The fraction of sp³-hybridized carbons (Fsp3) is 0.364. The molecule has 1 aliphatic heterocycles. The number of rotatable bonds is 7. The van der Waals surface area contributed by atoms with E-state index in [1.807, 2.05) is 0 Å². The molecular weight excluding hydrogens is 476 g/mol. The third-order valence-electron chi connectivity index (χ3n) is 5.25. The van der Waals surface area contributed by atoms with E-state index in [-0.39, 0.29) is 29.0 Å². The smallest absolute Gasteiger partial charge is 0.264 e. The summed E-state index contributed by atoms with van der Waals surface area (Å²) >= 11 is 1.07. The number of carbonyl (C=O) groups is 1. The highest BCUT2D eigenvalue weighted by Crippen LogP contribution is 2.35. The Kier molecular flexibility index (Phi) is 8.41. The number of methoxy groups -OCH3 is 2. The Balaban J connectivity index is 0.00000306. The van der Waals surface area contributed by atoms with E-state index < -0.39 is 11.6 Å². The van der Waals surface area contributed by atoms with Crippen LogP contribution in [0.2, 0.25) is 0 Å². The van der Waals surface area contributed by atoms with E-state index >= 15 is 0 Å². The van der Waals surface area contributed by atoms with Crippen LogP contribution in [0.25, 0.3) is 10.2 Å². The maximum absolute atomic E-state index is 14.3. The molecular formula is C22H24ClF2N3O4S. The molecule has 0 aliphatic carbocycles. The number of amides is 1. The van der Waals surface area contributed by atoms with Crippen LogP contribution in [0.3, 0.4) is 0 Å². The van der Waals surface area contributed by atoms with Gasteiger partial charge in [0.15, 0.2) is 22.4 Å². The number of nitrogens with zero attached hydrogens (tertiary/aromatic N) is 3. The molecule has 1 aromatic heterocycles. The average molecular weight is 500 g/mol. The van der Waals surface area contributed by atoms with Gasteiger partial charge in [-0.25, -0.2) is 13.8 Å². The van der Waals surface area contributed by atoms with Crippen LogP contribution in [-0.2, 0) is 4.74 Å². The van der Waals surface area contributed by atoms with Gasteiger partial charge in [0.25, 0.3) is 5.91 Å². The molecule has 1 amide bonds. The van der Waals surface area contributed by atoms with Gasteiger partial charge in [-0.15, -0.1) is 12.4 Å². The quantitative estimate of drug-likeness (QED) is 0.490. The number of hydrogen-bond acceptors (Lipinski definition) is 7. The van der Waals surface area contributed by atoms with Crippen LogP contribution in [-0.4, -0.2) is 69.4 Å². The third-order valence-corrected chi connectivity index (χ3v) is 6.28. The SMILES string of the molecule is COc1cccc(C(=O)N(CCN2CCOCC2)c2nc3c(F)cc(F)cc3s2)c1OC.Cl. The molecule has 7 nitrogen and oxygen atoms in total. The Labute approximate surface area is 200 Å². The molecule has 33 heavy (non-hydrogen) atoms. The van der Waals surface area contributed by atoms with Gasteiger partial charge in [-0.3, -0.25) is 14.6 Å². The summed E-state index contributed by atoms with van der Waals surface area (Å²) < 4.78 is 44.5. The second-order valence-electron chi connectivity index (χ2n) is 7.18. The first kappa shape index (κ1) is 25.1. The number of morpholine rings is 1. The van der Waals surface area contributed by atoms with Crippen molar-refractivity contribution in [3.05, 3.63) is 47.5 Å². The molecule has 0 spiro atoms. The van der Waals surface area contributed by atoms with Crippen LogP contribution >= 0.6 is 23.7 Å². The summed E-state index contributed by atoms with van der Waals surface area (Å²) in [5, 5.41) is 0.285. The number of halogens is 3. The predicted octanol–water partition coefficient (Wildman–Crippen LogP) is 3.99. The number of fused-ring (bicyclic) bond motifs is 1. The third kappa shape index (κ3) is 5.35. The van der Waals surface area contributed by atoms with E-state index in [9.17, 15) is 13.6 Å². The molecule has 3 aromatic rings. The molecule has 2 aromatic carbocycles. The summed E-state index contributed by atoms with van der Waals surface area (Å²) in [6.45, 7) is 3.65. The molecule has 4 rings (SSSR count). The highest BCUT2D eigenvalue weighted by molar-refractivity contribution is 7.22. The molecule has 11 heteroatoms. The Morgan fingerprint density at radius 3 is 2.67 bits per heavy atom. The lowest BCUT2D eigenvalue weighted by Crippen LogP contribution is -2.43. The highest BCUT2D eigenvalue weighted by atomic mass is 35.5. The van der Waals surface area contributed by atoms with Crippen LogP contribution in [0.1, 0.15) is 10.4 Å². The molecule has 0 bridgehead atoms. The number of benzene rings is 2. The van der Waals surface area contributed by atoms with Crippen molar-refractivity contribution in [2.24, 2.45) is 0 Å². The van der Waals surface area contributed by atoms with Crippen molar-refractivity contribution in [1.82, 2.24) is 9.88 Å². The first-order chi connectivity index (χ1) is 15.5. The van der Waals surface area contributed by atoms with E-state index in [1.54, 1.807) is 18.2 Å². The van der Waals surface area contributed by atoms with E-state index in [2.05, 4.69) is 9.88 Å². The fourth-order valence-electron chi connectivity index (χ4n) is 3.61. The highest BCUT2D eigenvalue weighted by Gasteiger charge is 2.27. The van der Waals surface area contributed by atoms with Crippen molar-refractivity contribution in [2.45, 2.75) is 0 Å². The molecule has 178 valence electrons. The minimum Gasteiger partial charge on any atom is -0.493 e. The first-order valence-corrected chi connectivity index (χ1v) is 10.9. The first-order valence-electron chi connectivity index (χ1n) is 10.1. The monoisotopic (exact) mass is 499 g/mol. The average Bonchev–Trinajstić information content (AvgIpc) is 3.23. The van der Waals surface area contributed by atoms with Crippen LogP contribution < -0.4 is 14.4 Å². The van der Waals surface area contributed by atoms with Crippen molar-refractivity contribution in [3.63, 3.8) is 0 Å². The zero-order chi connectivity index (χ0) is 22.7. The van der Waals surface area contributed by atoms with E-state index in [0.29, 0.717) is 48.1 Å². The van der Waals surface area contributed by atoms with Crippen LogP contribution in [0.4, 0.5) is 13.9 Å². The van der Waals surface area contributed by atoms with Gasteiger partial charge in [0.2, 0.25) is 0 Å². The van der Waals surface area contributed by atoms with Gasteiger partial charge in [-0.05, 0) is 18.2 Å². The fourth-order valence-corrected chi connectivity index (χ4v) is 4.64. The maximum Gasteiger partial charge on any atom is 0.264 e. The van der Waals surface area contributed by atoms with Gasteiger partial charge in [0.05, 0.1) is 37.7 Å². The zero-order valence-corrected chi connectivity index (χ0v) is 19.8. The number of carbonyl (C=O) groups excluding carboxylic acids is 1. The molecule has 0 atom stereocenters. The molecule has 2 heterocycles. The number of thiazole rings is 1. The van der Waals surface area contributed by atoms with Gasteiger partial charge >= 0.3 is 0 Å². The standard InChI is InChI=1S/C22H23F2N3O4S.ClH/c1-29-17-5-3-4-15(20(17)30-2)21(28)27(7-6-26-8-10-31-11-9-26)22-25-19-16(24)12-14(23)13-18(19)32-22;/h3-5,12-13H,6-11H2,1-2H3;1H. The lowest BCUT2D eigenvalue weighted by Gasteiger charge is -2.29. The number of ether oxygens (including phenoxy) is 3. The van der Waals surface area contributed by atoms with Gasteiger partial charge < -0.3 is 14.2 Å². The summed E-state index contributed by atoms with van der Waals surface area (Å²) in [6, 6.07) is 7.04. The summed E-state index contributed by atoms with van der Waals surface area (Å²) in [7, 11) is 2.95. The Bertz CT molecular complexity index is 1120. The molecule has 0 unspecified atom stereocenters. The van der Waals surface area contributed by atoms with E-state index in [4.69, 9.17) is 14.2 Å². The number of anilines is 1. The second-order valence-corrected chi connectivity index (χ2v) is 8.19. The zero-order valence-electron chi connectivity index (χ0n) is 18.2. The topological polar surface area (TPSA) is 64.1 Å². The van der Waals surface area contributed by atoms with Crippen molar-refractivity contribution in [3.8, 4) is 11.5 Å². The van der Waals surface area contributed by atoms with Crippen molar-refractivity contribution in [1.29, 1.82) is 0 Å². The van der Waals surface area contributed by atoms with Crippen molar-refractivity contribution < 1.29 is 27.8 Å². The Hall–Kier alpha value is -2.53. The van der Waals surface area contributed by atoms with Crippen molar-refractivity contribution in [2.75, 3.05) is 58.5 Å². The van der Waals surface area contributed by atoms with Gasteiger partial charge in [0.1, 0.15) is 11.3 Å². The number of hydrogen-bond donors (Lipinski definition) is 0. The van der Waals surface area contributed by atoms with E-state index in [0.717, 1.165) is 30.5 Å². The van der Waals surface area contributed by atoms with Gasteiger partial charge in [0, 0.05) is 32.2 Å². The maximum atomic E-state index is 14.3. The second kappa shape index (κ2) is 11.1. The molecule has 1 aliphatic rings. The minimum absolute atomic E-state index is 0. The summed E-state index contributed by atoms with van der Waals surface area (Å²) in [6.07, 6.45) is 0. The van der Waals surface area contributed by atoms with Crippen molar-refractivity contribution >= 4 is 45.0 Å². The number of para-hydroxylation sites is 1. The Morgan fingerprint density at radius 1 is 1.21 bits per heavy atom. The predicted molar refractivity (Wildman–Crippen MR) is 125 cm³/mol. The van der Waals surface area contributed by atoms with E-state index in [1.165, 1.54) is 25.2 Å². The summed E-state index contributed by atoms with van der Waals surface area (Å²) in [4.78, 5) is 21.6. The van der Waals surface area contributed by atoms with Gasteiger partial charge in [-0.2, -0.15) is 0 Å². The molecule has 1 saturated heterocycles. The lowest BCUT2D eigenvalue weighted by molar-refractivity contribution is 0.0391.